The molecular weight excluding hydrogens is 210 g/mol. The van der Waals surface area contributed by atoms with Gasteiger partial charge in [0.2, 0.25) is 0 Å². The summed E-state index contributed by atoms with van der Waals surface area (Å²) in [7, 11) is 0. The lowest BCUT2D eigenvalue weighted by Crippen LogP contribution is -2.37. The van der Waals surface area contributed by atoms with Gasteiger partial charge in [0.15, 0.2) is 0 Å². The van der Waals surface area contributed by atoms with Crippen LogP contribution >= 0.6 is 11.8 Å². The van der Waals surface area contributed by atoms with E-state index in [0.717, 1.165) is 17.7 Å². The monoisotopic (exact) mass is 223 g/mol. The largest absolute Gasteiger partial charge is 0.480 e. The molecule has 3 N–H and O–H groups in total. The second kappa shape index (κ2) is 4.24. The second-order valence-electron chi connectivity index (χ2n) is 3.65. The summed E-state index contributed by atoms with van der Waals surface area (Å²) in [4.78, 5) is 12.0. The molecule has 2 unspecified atom stereocenters. The molecule has 0 amide bonds. The number of benzene rings is 1. The van der Waals surface area contributed by atoms with E-state index in [1.807, 2.05) is 24.3 Å². The Bertz CT molecular complexity index is 381. The van der Waals surface area contributed by atoms with E-state index in [2.05, 4.69) is 0 Å². The van der Waals surface area contributed by atoms with Crippen LogP contribution in [0.15, 0.2) is 29.2 Å². The van der Waals surface area contributed by atoms with Crippen molar-refractivity contribution in [1.82, 2.24) is 0 Å². The van der Waals surface area contributed by atoms with Crippen molar-refractivity contribution in [2.24, 2.45) is 5.73 Å². The summed E-state index contributed by atoms with van der Waals surface area (Å²) in [5.41, 5.74) is 6.78. The van der Waals surface area contributed by atoms with Crippen molar-refractivity contribution in [2.45, 2.75) is 23.3 Å². The van der Waals surface area contributed by atoms with Gasteiger partial charge in [-0.05, 0) is 23.8 Å². The third-order valence-corrected chi connectivity index (χ3v) is 3.85. The summed E-state index contributed by atoms with van der Waals surface area (Å²) in [6.45, 7) is 0. The predicted octanol–water partition coefficient (Wildman–Crippen LogP) is 1.68. The van der Waals surface area contributed by atoms with Crippen molar-refractivity contribution < 1.29 is 9.90 Å². The van der Waals surface area contributed by atoms with Crippen molar-refractivity contribution in [2.75, 3.05) is 5.75 Å². The molecule has 3 nitrogen and oxygen atoms in total. The quantitative estimate of drug-likeness (QED) is 0.800. The van der Waals surface area contributed by atoms with Crippen molar-refractivity contribution in [3.05, 3.63) is 29.8 Å². The Balaban J connectivity index is 2.33. The summed E-state index contributed by atoms with van der Waals surface area (Å²) in [6.07, 6.45) is 0.842. The number of rotatable bonds is 2. The van der Waals surface area contributed by atoms with E-state index in [9.17, 15) is 4.79 Å². The molecule has 0 spiro atoms. The molecular formula is C11H13NO2S. The highest BCUT2D eigenvalue weighted by atomic mass is 32.2. The first-order valence-electron chi connectivity index (χ1n) is 4.90. The van der Waals surface area contributed by atoms with Gasteiger partial charge in [0.05, 0.1) is 0 Å². The van der Waals surface area contributed by atoms with Crippen molar-refractivity contribution >= 4 is 17.7 Å². The van der Waals surface area contributed by atoms with Crippen molar-refractivity contribution in [3.8, 4) is 0 Å². The maximum atomic E-state index is 10.9. The molecule has 0 fully saturated rings. The highest BCUT2D eigenvalue weighted by Crippen LogP contribution is 2.38. The third kappa shape index (κ3) is 2.01. The van der Waals surface area contributed by atoms with E-state index in [0.29, 0.717) is 0 Å². The Kier molecular flexibility index (Phi) is 2.98. The number of hydrogen-bond acceptors (Lipinski definition) is 3. The van der Waals surface area contributed by atoms with Crippen LogP contribution in [0.2, 0.25) is 0 Å². The summed E-state index contributed by atoms with van der Waals surface area (Å²) < 4.78 is 0. The van der Waals surface area contributed by atoms with Gasteiger partial charge in [-0.2, -0.15) is 0 Å². The zero-order valence-electron chi connectivity index (χ0n) is 8.22. The first-order chi connectivity index (χ1) is 7.20. The molecule has 1 aromatic rings. The normalized spacial score (nSPS) is 21.8. The number of nitrogens with two attached hydrogens (primary N) is 1. The topological polar surface area (TPSA) is 63.3 Å². The van der Waals surface area contributed by atoms with Gasteiger partial charge in [-0.3, -0.25) is 4.79 Å². The molecule has 80 valence electrons. The van der Waals surface area contributed by atoms with E-state index in [1.165, 1.54) is 4.90 Å². The van der Waals surface area contributed by atoms with Crippen LogP contribution in [0.25, 0.3) is 0 Å². The highest BCUT2D eigenvalue weighted by Gasteiger charge is 2.29. The Hall–Kier alpha value is -1.00. The van der Waals surface area contributed by atoms with Crippen LogP contribution in [-0.4, -0.2) is 22.9 Å². The van der Waals surface area contributed by atoms with Gasteiger partial charge >= 0.3 is 5.97 Å². The Morgan fingerprint density at radius 2 is 2.27 bits per heavy atom. The lowest BCUT2D eigenvalue weighted by atomic mass is 9.89. The molecule has 0 bridgehead atoms. The molecule has 15 heavy (non-hydrogen) atoms. The van der Waals surface area contributed by atoms with E-state index in [-0.39, 0.29) is 5.92 Å². The summed E-state index contributed by atoms with van der Waals surface area (Å²) in [5, 5.41) is 8.93. The Labute approximate surface area is 92.7 Å². The summed E-state index contributed by atoms with van der Waals surface area (Å²) >= 11 is 1.77. The fourth-order valence-electron chi connectivity index (χ4n) is 1.91. The molecule has 2 atom stereocenters. The summed E-state index contributed by atoms with van der Waals surface area (Å²) in [6, 6.07) is 7.13. The molecule has 1 heterocycles. The standard InChI is InChI=1S/C11H13NO2S/c12-10(11(13)14)8-5-6-15-9-4-2-1-3-7(8)9/h1-4,8,10H,5-6,12H2,(H,13,14). The molecule has 0 aliphatic carbocycles. The maximum absolute atomic E-state index is 10.9. The van der Waals surface area contributed by atoms with Crippen LogP contribution in [0.1, 0.15) is 17.9 Å². The zero-order valence-corrected chi connectivity index (χ0v) is 9.04. The maximum Gasteiger partial charge on any atom is 0.321 e. The summed E-state index contributed by atoms with van der Waals surface area (Å²) in [5.74, 6) is -0.00972. The number of aliphatic carboxylic acids is 1. The minimum atomic E-state index is -0.915. The minimum Gasteiger partial charge on any atom is -0.480 e. The molecule has 2 rings (SSSR count). The smallest absolute Gasteiger partial charge is 0.321 e. The number of carboxylic acids is 1. The Morgan fingerprint density at radius 3 is 3.00 bits per heavy atom. The number of hydrogen-bond donors (Lipinski definition) is 2. The van der Waals surface area contributed by atoms with Gasteiger partial charge in [0, 0.05) is 10.8 Å². The molecule has 0 radical (unpaired) electrons. The van der Waals surface area contributed by atoms with Gasteiger partial charge in [-0.15, -0.1) is 11.8 Å². The number of thioether (sulfide) groups is 1. The van der Waals surface area contributed by atoms with Crippen LogP contribution in [0.3, 0.4) is 0 Å². The molecule has 1 aliphatic heterocycles. The fraction of sp³-hybridized carbons (Fsp3) is 0.364. The van der Waals surface area contributed by atoms with E-state index in [4.69, 9.17) is 10.8 Å². The van der Waals surface area contributed by atoms with Crippen LogP contribution in [-0.2, 0) is 4.79 Å². The van der Waals surface area contributed by atoms with Crippen LogP contribution in [0.5, 0.6) is 0 Å². The average Bonchev–Trinajstić information content (AvgIpc) is 2.27. The van der Waals surface area contributed by atoms with Crippen LogP contribution in [0.4, 0.5) is 0 Å². The molecule has 0 aromatic heterocycles. The first-order valence-corrected chi connectivity index (χ1v) is 5.89. The zero-order chi connectivity index (χ0) is 10.8. The van der Waals surface area contributed by atoms with Gasteiger partial charge in [-0.1, -0.05) is 18.2 Å². The molecule has 4 heteroatoms. The molecule has 0 saturated carbocycles. The predicted molar refractivity (Wildman–Crippen MR) is 60.1 cm³/mol. The van der Waals surface area contributed by atoms with E-state index < -0.39 is 12.0 Å². The minimum absolute atomic E-state index is 0.0417. The van der Waals surface area contributed by atoms with Crippen molar-refractivity contribution in [1.29, 1.82) is 0 Å². The van der Waals surface area contributed by atoms with Gasteiger partial charge in [0.1, 0.15) is 6.04 Å². The molecule has 1 aromatic carbocycles. The number of carboxylic acid groups (broad SMARTS) is 1. The van der Waals surface area contributed by atoms with Crippen molar-refractivity contribution in [3.63, 3.8) is 0 Å². The molecule has 0 saturated heterocycles. The molecule has 1 aliphatic rings. The average molecular weight is 223 g/mol. The first kappa shape index (κ1) is 10.5. The fourth-order valence-corrected chi connectivity index (χ4v) is 3.07. The Morgan fingerprint density at radius 1 is 1.53 bits per heavy atom. The van der Waals surface area contributed by atoms with Gasteiger partial charge in [-0.25, -0.2) is 0 Å². The lowest BCUT2D eigenvalue weighted by molar-refractivity contribution is -0.139. The third-order valence-electron chi connectivity index (χ3n) is 2.72. The highest BCUT2D eigenvalue weighted by molar-refractivity contribution is 7.99. The SMILES string of the molecule is NC(C(=O)O)C1CCSc2ccccc21. The van der Waals surface area contributed by atoms with Gasteiger partial charge in [0.25, 0.3) is 0 Å². The lowest BCUT2D eigenvalue weighted by Gasteiger charge is -2.27. The number of fused-ring (bicyclic) bond motifs is 1. The van der Waals surface area contributed by atoms with E-state index in [1.54, 1.807) is 11.8 Å². The van der Waals surface area contributed by atoms with Crippen LogP contribution < -0.4 is 5.73 Å². The van der Waals surface area contributed by atoms with E-state index >= 15 is 0 Å². The second-order valence-corrected chi connectivity index (χ2v) is 4.78. The number of carbonyl (C=O) groups is 1. The van der Waals surface area contributed by atoms with Gasteiger partial charge < -0.3 is 10.8 Å². The van der Waals surface area contributed by atoms with Crippen LogP contribution in [0, 0.1) is 0 Å².